The Kier molecular flexibility index (Phi) is 4.30. The molecule has 1 heterocycles. The zero-order valence-electron chi connectivity index (χ0n) is 10.6. The SMILES string of the molecule is N#C/C(=C\c1cccc(F)c1)C(=O)N1CCCCC1. The summed E-state index contributed by atoms with van der Waals surface area (Å²) in [6, 6.07) is 7.78. The van der Waals surface area contributed by atoms with Crippen LogP contribution in [-0.4, -0.2) is 23.9 Å². The van der Waals surface area contributed by atoms with Crippen molar-refractivity contribution in [1.82, 2.24) is 4.90 Å². The number of benzene rings is 1. The molecule has 3 nitrogen and oxygen atoms in total. The van der Waals surface area contributed by atoms with Crippen molar-refractivity contribution in [1.29, 1.82) is 5.26 Å². The van der Waals surface area contributed by atoms with E-state index >= 15 is 0 Å². The minimum atomic E-state index is -0.378. The highest BCUT2D eigenvalue weighted by Crippen LogP contribution is 2.14. The Morgan fingerprint density at radius 2 is 2.05 bits per heavy atom. The average molecular weight is 258 g/mol. The highest BCUT2D eigenvalue weighted by atomic mass is 19.1. The number of piperidine rings is 1. The molecule has 1 aliphatic rings. The van der Waals surface area contributed by atoms with Gasteiger partial charge in [0.15, 0.2) is 0 Å². The van der Waals surface area contributed by atoms with E-state index in [2.05, 4.69) is 0 Å². The number of nitriles is 1. The Morgan fingerprint density at radius 3 is 2.68 bits per heavy atom. The van der Waals surface area contributed by atoms with E-state index in [1.54, 1.807) is 17.0 Å². The highest BCUT2D eigenvalue weighted by Gasteiger charge is 2.20. The predicted octanol–water partition coefficient (Wildman–Crippen LogP) is 2.75. The second-order valence-corrected chi connectivity index (χ2v) is 4.58. The summed E-state index contributed by atoms with van der Waals surface area (Å²) in [6.45, 7) is 1.39. The minimum Gasteiger partial charge on any atom is -0.338 e. The molecule has 0 spiro atoms. The molecular formula is C15H15FN2O. The molecule has 1 fully saturated rings. The van der Waals surface area contributed by atoms with Crippen LogP contribution in [0.4, 0.5) is 4.39 Å². The monoisotopic (exact) mass is 258 g/mol. The molecular weight excluding hydrogens is 243 g/mol. The van der Waals surface area contributed by atoms with E-state index in [0.29, 0.717) is 18.7 Å². The number of amides is 1. The first-order chi connectivity index (χ1) is 9.20. The molecule has 0 aliphatic carbocycles. The summed E-state index contributed by atoms with van der Waals surface area (Å²) in [5, 5.41) is 9.10. The van der Waals surface area contributed by atoms with Crippen LogP contribution >= 0.6 is 0 Å². The van der Waals surface area contributed by atoms with Crippen LogP contribution in [0.2, 0.25) is 0 Å². The van der Waals surface area contributed by atoms with Gasteiger partial charge in [0.2, 0.25) is 0 Å². The number of nitrogens with zero attached hydrogens (tertiary/aromatic N) is 2. The van der Waals surface area contributed by atoms with Crippen LogP contribution in [0.1, 0.15) is 24.8 Å². The van der Waals surface area contributed by atoms with Crippen molar-refractivity contribution in [3.63, 3.8) is 0 Å². The zero-order chi connectivity index (χ0) is 13.7. The number of halogens is 1. The number of hydrogen-bond donors (Lipinski definition) is 0. The van der Waals surface area contributed by atoms with Gasteiger partial charge >= 0.3 is 0 Å². The van der Waals surface area contributed by atoms with Gasteiger partial charge in [0.1, 0.15) is 17.5 Å². The van der Waals surface area contributed by atoms with Crippen molar-refractivity contribution >= 4 is 12.0 Å². The topological polar surface area (TPSA) is 44.1 Å². The molecule has 1 amide bonds. The third kappa shape index (κ3) is 3.41. The summed E-state index contributed by atoms with van der Waals surface area (Å²) >= 11 is 0. The van der Waals surface area contributed by atoms with E-state index in [4.69, 9.17) is 5.26 Å². The third-order valence-electron chi connectivity index (χ3n) is 3.15. The third-order valence-corrected chi connectivity index (χ3v) is 3.15. The maximum atomic E-state index is 13.1. The van der Waals surface area contributed by atoms with Crippen LogP contribution in [0.3, 0.4) is 0 Å². The zero-order valence-corrected chi connectivity index (χ0v) is 10.6. The second-order valence-electron chi connectivity index (χ2n) is 4.58. The lowest BCUT2D eigenvalue weighted by atomic mass is 10.1. The first kappa shape index (κ1) is 13.3. The lowest BCUT2D eigenvalue weighted by Gasteiger charge is -2.26. The van der Waals surface area contributed by atoms with Gasteiger partial charge in [-0.25, -0.2) is 4.39 Å². The number of carbonyl (C=O) groups is 1. The number of likely N-dealkylation sites (tertiary alicyclic amines) is 1. The van der Waals surface area contributed by atoms with Gasteiger partial charge in [-0.05, 0) is 43.0 Å². The fraction of sp³-hybridized carbons (Fsp3) is 0.333. The summed E-state index contributed by atoms with van der Waals surface area (Å²) in [6.07, 6.45) is 4.52. The Bertz CT molecular complexity index is 539. The summed E-state index contributed by atoms with van der Waals surface area (Å²) in [5.41, 5.74) is 0.592. The van der Waals surface area contributed by atoms with Crippen LogP contribution in [0.25, 0.3) is 6.08 Å². The largest absolute Gasteiger partial charge is 0.338 e. The predicted molar refractivity (Wildman–Crippen MR) is 70.4 cm³/mol. The fourth-order valence-electron chi connectivity index (χ4n) is 2.17. The molecule has 0 saturated carbocycles. The van der Waals surface area contributed by atoms with Gasteiger partial charge in [-0.3, -0.25) is 4.79 Å². The Hall–Kier alpha value is -2.15. The molecule has 4 heteroatoms. The normalized spacial score (nSPS) is 16.0. The number of rotatable bonds is 2. The summed E-state index contributed by atoms with van der Waals surface area (Å²) < 4.78 is 13.1. The van der Waals surface area contributed by atoms with E-state index in [0.717, 1.165) is 19.3 Å². The molecule has 1 saturated heterocycles. The van der Waals surface area contributed by atoms with Crippen molar-refractivity contribution in [2.24, 2.45) is 0 Å². The Balaban J connectivity index is 2.19. The molecule has 98 valence electrons. The van der Waals surface area contributed by atoms with Crippen molar-refractivity contribution in [3.05, 3.63) is 41.2 Å². The van der Waals surface area contributed by atoms with E-state index in [-0.39, 0.29) is 17.3 Å². The molecule has 0 atom stereocenters. The van der Waals surface area contributed by atoms with E-state index in [1.807, 2.05) is 6.07 Å². The second kappa shape index (κ2) is 6.14. The lowest BCUT2D eigenvalue weighted by Crippen LogP contribution is -2.36. The molecule has 1 aromatic rings. The van der Waals surface area contributed by atoms with Gasteiger partial charge in [-0.2, -0.15) is 5.26 Å². The molecule has 0 unspecified atom stereocenters. The van der Waals surface area contributed by atoms with E-state index in [9.17, 15) is 9.18 Å². The molecule has 0 radical (unpaired) electrons. The van der Waals surface area contributed by atoms with Crippen LogP contribution in [-0.2, 0) is 4.79 Å². The summed E-state index contributed by atoms with van der Waals surface area (Å²) in [7, 11) is 0. The summed E-state index contributed by atoms with van der Waals surface area (Å²) in [4.78, 5) is 13.9. The molecule has 1 aromatic carbocycles. The molecule has 19 heavy (non-hydrogen) atoms. The molecule has 2 rings (SSSR count). The molecule has 1 aliphatic heterocycles. The molecule has 0 bridgehead atoms. The van der Waals surface area contributed by atoms with Crippen LogP contribution in [0.5, 0.6) is 0 Å². The van der Waals surface area contributed by atoms with Crippen molar-refractivity contribution in [2.45, 2.75) is 19.3 Å². The van der Waals surface area contributed by atoms with Crippen molar-refractivity contribution in [2.75, 3.05) is 13.1 Å². The molecule has 0 N–H and O–H groups in total. The average Bonchev–Trinajstić information content (AvgIpc) is 2.45. The van der Waals surface area contributed by atoms with Gasteiger partial charge in [0.05, 0.1) is 0 Å². The lowest BCUT2D eigenvalue weighted by molar-refractivity contribution is -0.127. The quantitative estimate of drug-likeness (QED) is 0.604. The Morgan fingerprint density at radius 1 is 1.32 bits per heavy atom. The van der Waals surface area contributed by atoms with Crippen LogP contribution < -0.4 is 0 Å². The van der Waals surface area contributed by atoms with Crippen molar-refractivity contribution < 1.29 is 9.18 Å². The van der Waals surface area contributed by atoms with Crippen molar-refractivity contribution in [3.8, 4) is 6.07 Å². The minimum absolute atomic E-state index is 0.0625. The number of carbonyl (C=O) groups excluding carboxylic acids is 1. The smallest absolute Gasteiger partial charge is 0.264 e. The van der Waals surface area contributed by atoms with Gasteiger partial charge < -0.3 is 4.90 Å². The fourth-order valence-corrected chi connectivity index (χ4v) is 2.17. The number of hydrogen-bond acceptors (Lipinski definition) is 2. The van der Waals surface area contributed by atoms with Gasteiger partial charge in [0, 0.05) is 13.1 Å². The Labute approximate surface area is 111 Å². The van der Waals surface area contributed by atoms with E-state index in [1.165, 1.54) is 18.2 Å². The standard InChI is InChI=1S/C15H15FN2O/c16-14-6-4-5-12(10-14)9-13(11-17)15(19)18-7-2-1-3-8-18/h4-6,9-10H,1-3,7-8H2/b13-9+. The van der Waals surface area contributed by atoms with Crippen LogP contribution in [0, 0.1) is 17.1 Å². The summed E-state index contributed by atoms with van der Waals surface area (Å²) in [5.74, 6) is -0.636. The molecule has 0 aromatic heterocycles. The van der Waals surface area contributed by atoms with Gasteiger partial charge in [-0.15, -0.1) is 0 Å². The van der Waals surface area contributed by atoms with E-state index < -0.39 is 0 Å². The maximum Gasteiger partial charge on any atom is 0.264 e. The first-order valence-electron chi connectivity index (χ1n) is 6.37. The van der Waals surface area contributed by atoms with Gasteiger partial charge in [-0.1, -0.05) is 12.1 Å². The van der Waals surface area contributed by atoms with Gasteiger partial charge in [0.25, 0.3) is 5.91 Å². The first-order valence-corrected chi connectivity index (χ1v) is 6.37. The highest BCUT2D eigenvalue weighted by molar-refractivity contribution is 6.01. The van der Waals surface area contributed by atoms with Crippen LogP contribution in [0.15, 0.2) is 29.8 Å². The maximum absolute atomic E-state index is 13.1.